The smallest absolute Gasteiger partial charge is 0.0322 e. The predicted octanol–water partition coefficient (Wildman–Crippen LogP) is 3.00. The van der Waals surface area contributed by atoms with Gasteiger partial charge in [0.1, 0.15) is 0 Å². The van der Waals surface area contributed by atoms with Crippen LogP contribution < -0.4 is 0 Å². The molecule has 2 atom stereocenters. The molecular weight excluding hydrogens is 108 g/mol. The highest BCUT2D eigenvalue weighted by atomic mass is 14.3. The summed E-state index contributed by atoms with van der Waals surface area (Å²) in [6.45, 7) is 6.12. The standard InChI is InChI=1S/C9H16/c1-3-5-9-7-4-6-8(9)2/h3,8-9H,1,4-7H2,2H3/t8-,9-/m0/s1. The SMILES string of the molecule is C=CC[C@H]1CCC[C@@H]1C. The van der Waals surface area contributed by atoms with Crippen LogP contribution in [0.25, 0.3) is 0 Å². The maximum atomic E-state index is 3.76. The van der Waals surface area contributed by atoms with E-state index in [0.29, 0.717) is 0 Å². The third kappa shape index (κ3) is 1.57. The van der Waals surface area contributed by atoms with Crippen molar-refractivity contribution in [2.45, 2.75) is 32.6 Å². The molecule has 0 bridgehead atoms. The van der Waals surface area contributed by atoms with Gasteiger partial charge in [0.05, 0.1) is 0 Å². The molecule has 0 nitrogen and oxygen atoms in total. The lowest BCUT2D eigenvalue weighted by atomic mass is 9.95. The van der Waals surface area contributed by atoms with Crippen LogP contribution in [0, 0.1) is 11.8 Å². The lowest BCUT2D eigenvalue weighted by Crippen LogP contribution is -2.01. The minimum Gasteiger partial charge on any atom is -0.103 e. The second kappa shape index (κ2) is 3.05. The van der Waals surface area contributed by atoms with Gasteiger partial charge in [-0.3, -0.25) is 0 Å². The van der Waals surface area contributed by atoms with Crippen LogP contribution >= 0.6 is 0 Å². The maximum Gasteiger partial charge on any atom is -0.0322 e. The quantitative estimate of drug-likeness (QED) is 0.496. The fourth-order valence-electron chi connectivity index (χ4n) is 1.79. The first-order chi connectivity index (χ1) is 4.34. The van der Waals surface area contributed by atoms with E-state index >= 15 is 0 Å². The summed E-state index contributed by atoms with van der Waals surface area (Å²) in [6, 6.07) is 0. The minimum absolute atomic E-state index is 0.961. The molecule has 52 valence electrons. The molecule has 1 fully saturated rings. The number of rotatable bonds is 2. The van der Waals surface area contributed by atoms with Crippen LogP contribution in [0.3, 0.4) is 0 Å². The summed E-state index contributed by atoms with van der Waals surface area (Å²) in [6.07, 6.45) is 7.62. The predicted molar refractivity (Wildman–Crippen MR) is 41.3 cm³/mol. The van der Waals surface area contributed by atoms with Crippen LogP contribution in [0.15, 0.2) is 12.7 Å². The molecule has 0 heteroatoms. The van der Waals surface area contributed by atoms with E-state index in [0.717, 1.165) is 11.8 Å². The van der Waals surface area contributed by atoms with Gasteiger partial charge >= 0.3 is 0 Å². The zero-order chi connectivity index (χ0) is 6.69. The zero-order valence-corrected chi connectivity index (χ0v) is 6.27. The van der Waals surface area contributed by atoms with Gasteiger partial charge in [-0.1, -0.05) is 25.8 Å². The molecule has 0 saturated heterocycles. The van der Waals surface area contributed by atoms with Gasteiger partial charge in [0, 0.05) is 0 Å². The van der Waals surface area contributed by atoms with Crippen LogP contribution in [-0.4, -0.2) is 0 Å². The molecule has 0 radical (unpaired) electrons. The number of hydrogen-bond donors (Lipinski definition) is 0. The highest BCUT2D eigenvalue weighted by Gasteiger charge is 2.21. The van der Waals surface area contributed by atoms with Crippen molar-refractivity contribution in [1.82, 2.24) is 0 Å². The van der Waals surface area contributed by atoms with E-state index in [1.165, 1.54) is 25.7 Å². The van der Waals surface area contributed by atoms with Crippen molar-refractivity contribution in [3.8, 4) is 0 Å². The molecule has 0 aromatic carbocycles. The topological polar surface area (TPSA) is 0 Å². The Morgan fingerprint density at radius 1 is 1.56 bits per heavy atom. The highest BCUT2D eigenvalue weighted by Crippen LogP contribution is 2.33. The monoisotopic (exact) mass is 124 g/mol. The van der Waals surface area contributed by atoms with Crippen molar-refractivity contribution >= 4 is 0 Å². The second-order valence-electron chi connectivity index (χ2n) is 3.19. The zero-order valence-electron chi connectivity index (χ0n) is 6.27. The van der Waals surface area contributed by atoms with E-state index < -0.39 is 0 Å². The van der Waals surface area contributed by atoms with Crippen LogP contribution in [0.4, 0.5) is 0 Å². The molecule has 0 aromatic rings. The van der Waals surface area contributed by atoms with E-state index in [2.05, 4.69) is 19.6 Å². The van der Waals surface area contributed by atoms with Crippen LogP contribution in [0.5, 0.6) is 0 Å². The van der Waals surface area contributed by atoms with Gasteiger partial charge in [0.2, 0.25) is 0 Å². The Morgan fingerprint density at radius 2 is 2.33 bits per heavy atom. The Balaban J connectivity index is 2.30. The van der Waals surface area contributed by atoms with Crippen molar-refractivity contribution in [3.05, 3.63) is 12.7 Å². The van der Waals surface area contributed by atoms with E-state index in [1.807, 2.05) is 0 Å². The lowest BCUT2D eigenvalue weighted by Gasteiger charge is -2.10. The second-order valence-corrected chi connectivity index (χ2v) is 3.19. The number of hydrogen-bond acceptors (Lipinski definition) is 0. The van der Waals surface area contributed by atoms with Gasteiger partial charge in [-0.25, -0.2) is 0 Å². The molecule has 0 amide bonds. The normalized spacial score (nSPS) is 34.8. The molecule has 0 heterocycles. The fourth-order valence-corrected chi connectivity index (χ4v) is 1.79. The molecule has 1 aliphatic rings. The molecule has 0 aromatic heterocycles. The molecule has 0 N–H and O–H groups in total. The summed E-state index contributed by atoms with van der Waals surface area (Å²) >= 11 is 0. The number of allylic oxidation sites excluding steroid dienone is 1. The van der Waals surface area contributed by atoms with Gasteiger partial charge in [-0.2, -0.15) is 0 Å². The third-order valence-corrected chi connectivity index (χ3v) is 2.51. The molecule has 1 aliphatic carbocycles. The summed E-state index contributed by atoms with van der Waals surface area (Å²) in [5, 5.41) is 0. The minimum atomic E-state index is 0.961. The fraction of sp³-hybridized carbons (Fsp3) is 0.778. The van der Waals surface area contributed by atoms with Gasteiger partial charge in [-0.15, -0.1) is 6.58 Å². The lowest BCUT2D eigenvalue weighted by molar-refractivity contribution is 0.424. The van der Waals surface area contributed by atoms with Crippen LogP contribution in [0.2, 0.25) is 0 Å². The van der Waals surface area contributed by atoms with Gasteiger partial charge in [0.25, 0.3) is 0 Å². The van der Waals surface area contributed by atoms with E-state index in [1.54, 1.807) is 0 Å². The average molecular weight is 124 g/mol. The van der Waals surface area contributed by atoms with Crippen LogP contribution in [-0.2, 0) is 0 Å². The highest BCUT2D eigenvalue weighted by molar-refractivity contribution is 4.80. The first kappa shape index (κ1) is 6.85. The Bertz CT molecular complexity index is 94.2. The Hall–Kier alpha value is -0.260. The molecule has 1 rings (SSSR count). The van der Waals surface area contributed by atoms with Crippen molar-refractivity contribution in [3.63, 3.8) is 0 Å². The Kier molecular flexibility index (Phi) is 2.32. The largest absolute Gasteiger partial charge is 0.103 e. The summed E-state index contributed by atoms with van der Waals surface area (Å²) < 4.78 is 0. The van der Waals surface area contributed by atoms with Crippen molar-refractivity contribution in [1.29, 1.82) is 0 Å². The Labute approximate surface area is 58.0 Å². The molecule has 9 heavy (non-hydrogen) atoms. The van der Waals surface area contributed by atoms with Gasteiger partial charge in [-0.05, 0) is 24.7 Å². The molecule has 0 spiro atoms. The van der Waals surface area contributed by atoms with Crippen molar-refractivity contribution < 1.29 is 0 Å². The molecular formula is C9H16. The summed E-state index contributed by atoms with van der Waals surface area (Å²) in [7, 11) is 0. The molecule has 1 saturated carbocycles. The summed E-state index contributed by atoms with van der Waals surface area (Å²) in [5.41, 5.74) is 0. The first-order valence-electron chi connectivity index (χ1n) is 3.95. The molecule has 0 aliphatic heterocycles. The average Bonchev–Trinajstić information content (AvgIpc) is 2.18. The molecule has 0 unspecified atom stereocenters. The van der Waals surface area contributed by atoms with Crippen molar-refractivity contribution in [2.24, 2.45) is 11.8 Å². The van der Waals surface area contributed by atoms with E-state index in [4.69, 9.17) is 0 Å². The first-order valence-corrected chi connectivity index (χ1v) is 3.95. The van der Waals surface area contributed by atoms with Gasteiger partial charge < -0.3 is 0 Å². The maximum absolute atomic E-state index is 3.76. The van der Waals surface area contributed by atoms with Crippen molar-refractivity contribution in [2.75, 3.05) is 0 Å². The third-order valence-electron chi connectivity index (χ3n) is 2.51. The van der Waals surface area contributed by atoms with E-state index in [-0.39, 0.29) is 0 Å². The van der Waals surface area contributed by atoms with E-state index in [9.17, 15) is 0 Å². The van der Waals surface area contributed by atoms with Gasteiger partial charge in [0.15, 0.2) is 0 Å². The van der Waals surface area contributed by atoms with Crippen LogP contribution in [0.1, 0.15) is 32.6 Å². The summed E-state index contributed by atoms with van der Waals surface area (Å²) in [5.74, 6) is 1.92. The Morgan fingerprint density at radius 3 is 2.78 bits per heavy atom. The summed E-state index contributed by atoms with van der Waals surface area (Å²) in [4.78, 5) is 0.